The third-order valence-electron chi connectivity index (χ3n) is 2.49. The van der Waals surface area contributed by atoms with Crippen molar-refractivity contribution < 1.29 is 9.90 Å². The van der Waals surface area contributed by atoms with Crippen LogP contribution in [0.2, 0.25) is 5.02 Å². The van der Waals surface area contributed by atoms with E-state index in [1.54, 1.807) is 18.2 Å². The van der Waals surface area contributed by atoms with Gasteiger partial charge in [0.1, 0.15) is 11.5 Å². The topological polar surface area (TPSA) is 37.3 Å². The molecule has 88 valence electrons. The molecular formula is C13H17ClO2. The smallest absolute Gasteiger partial charge is 0.138 e. The van der Waals surface area contributed by atoms with Crippen LogP contribution in [0.5, 0.6) is 5.75 Å². The SMILES string of the molecule is CC(C)(C)C(=O)CCc1ccc(O)c(Cl)c1. The van der Waals surface area contributed by atoms with Crippen LogP contribution in [0.25, 0.3) is 0 Å². The molecule has 0 saturated carbocycles. The number of ketones is 1. The average molecular weight is 241 g/mol. The third kappa shape index (κ3) is 3.53. The summed E-state index contributed by atoms with van der Waals surface area (Å²) in [6, 6.07) is 5.04. The summed E-state index contributed by atoms with van der Waals surface area (Å²) in [7, 11) is 0. The summed E-state index contributed by atoms with van der Waals surface area (Å²) < 4.78 is 0. The minimum Gasteiger partial charge on any atom is -0.506 e. The van der Waals surface area contributed by atoms with Gasteiger partial charge in [0.25, 0.3) is 0 Å². The Morgan fingerprint density at radius 2 is 2.00 bits per heavy atom. The second kappa shape index (κ2) is 4.88. The lowest BCUT2D eigenvalue weighted by Crippen LogP contribution is -2.20. The molecule has 1 aromatic rings. The summed E-state index contributed by atoms with van der Waals surface area (Å²) in [5.74, 6) is 0.310. The van der Waals surface area contributed by atoms with Crippen molar-refractivity contribution in [3.63, 3.8) is 0 Å². The molecule has 0 heterocycles. The Balaban J connectivity index is 2.62. The van der Waals surface area contributed by atoms with Gasteiger partial charge in [-0.05, 0) is 24.1 Å². The van der Waals surface area contributed by atoms with Gasteiger partial charge < -0.3 is 5.11 Å². The number of carbonyl (C=O) groups excluding carboxylic acids is 1. The minimum absolute atomic E-state index is 0.0764. The van der Waals surface area contributed by atoms with Gasteiger partial charge in [-0.1, -0.05) is 38.4 Å². The quantitative estimate of drug-likeness (QED) is 0.877. The standard InChI is InChI=1S/C13H17ClO2/c1-13(2,3)12(16)7-5-9-4-6-11(15)10(14)8-9/h4,6,8,15H,5,7H2,1-3H3. The molecule has 0 fully saturated rings. The molecule has 1 N–H and O–H groups in total. The molecule has 0 unspecified atom stereocenters. The van der Waals surface area contributed by atoms with Gasteiger partial charge in [-0.15, -0.1) is 0 Å². The van der Waals surface area contributed by atoms with Gasteiger partial charge in [0.2, 0.25) is 0 Å². The fourth-order valence-corrected chi connectivity index (χ4v) is 1.54. The maximum Gasteiger partial charge on any atom is 0.138 e. The van der Waals surface area contributed by atoms with Crippen molar-refractivity contribution in [1.29, 1.82) is 0 Å². The van der Waals surface area contributed by atoms with Crippen LogP contribution in [0.4, 0.5) is 0 Å². The Kier molecular flexibility index (Phi) is 3.98. The van der Waals surface area contributed by atoms with E-state index in [0.29, 0.717) is 17.9 Å². The van der Waals surface area contributed by atoms with Crippen LogP contribution in [0.1, 0.15) is 32.8 Å². The zero-order chi connectivity index (χ0) is 12.3. The number of aromatic hydroxyl groups is 1. The highest BCUT2D eigenvalue weighted by Crippen LogP contribution is 2.25. The molecule has 1 rings (SSSR count). The molecule has 3 heteroatoms. The van der Waals surface area contributed by atoms with E-state index in [4.69, 9.17) is 11.6 Å². The number of hydrogen-bond donors (Lipinski definition) is 1. The van der Waals surface area contributed by atoms with Gasteiger partial charge >= 0.3 is 0 Å². The van der Waals surface area contributed by atoms with Crippen molar-refractivity contribution in [2.24, 2.45) is 5.41 Å². The summed E-state index contributed by atoms with van der Waals surface area (Å²) in [6.45, 7) is 5.75. The molecule has 0 radical (unpaired) electrons. The lowest BCUT2D eigenvalue weighted by molar-refractivity contribution is -0.126. The first-order chi connectivity index (χ1) is 7.30. The molecule has 0 bridgehead atoms. The average Bonchev–Trinajstić information content (AvgIpc) is 2.18. The van der Waals surface area contributed by atoms with Crippen molar-refractivity contribution >= 4 is 17.4 Å². The fourth-order valence-electron chi connectivity index (χ4n) is 1.34. The summed E-state index contributed by atoms with van der Waals surface area (Å²) in [4.78, 5) is 11.7. The molecule has 2 nitrogen and oxygen atoms in total. The third-order valence-corrected chi connectivity index (χ3v) is 2.79. The highest BCUT2D eigenvalue weighted by atomic mass is 35.5. The number of benzene rings is 1. The molecule has 0 aliphatic rings. The predicted molar refractivity (Wildman–Crippen MR) is 65.9 cm³/mol. The van der Waals surface area contributed by atoms with Crippen LogP contribution in [0, 0.1) is 5.41 Å². The zero-order valence-corrected chi connectivity index (χ0v) is 10.6. The van der Waals surface area contributed by atoms with E-state index in [9.17, 15) is 9.90 Å². The highest BCUT2D eigenvalue weighted by Gasteiger charge is 2.20. The first-order valence-electron chi connectivity index (χ1n) is 5.31. The van der Waals surface area contributed by atoms with E-state index < -0.39 is 0 Å². The molecule has 0 aromatic heterocycles. The van der Waals surface area contributed by atoms with Crippen LogP contribution in [-0.2, 0) is 11.2 Å². The number of hydrogen-bond acceptors (Lipinski definition) is 2. The zero-order valence-electron chi connectivity index (χ0n) is 9.88. The lowest BCUT2D eigenvalue weighted by atomic mass is 9.87. The highest BCUT2D eigenvalue weighted by molar-refractivity contribution is 6.32. The van der Waals surface area contributed by atoms with Crippen molar-refractivity contribution in [2.75, 3.05) is 0 Å². The van der Waals surface area contributed by atoms with E-state index in [0.717, 1.165) is 5.56 Å². The Morgan fingerprint density at radius 3 is 2.50 bits per heavy atom. The number of rotatable bonds is 3. The first kappa shape index (κ1) is 13.0. The van der Waals surface area contributed by atoms with Gasteiger partial charge in [0, 0.05) is 11.8 Å². The predicted octanol–water partition coefficient (Wildman–Crippen LogP) is 3.59. The summed E-state index contributed by atoms with van der Waals surface area (Å²) >= 11 is 5.78. The van der Waals surface area contributed by atoms with Crippen LogP contribution < -0.4 is 0 Å². The van der Waals surface area contributed by atoms with E-state index >= 15 is 0 Å². The molecule has 0 spiro atoms. The Bertz CT molecular complexity index is 391. The van der Waals surface area contributed by atoms with Gasteiger partial charge in [-0.3, -0.25) is 4.79 Å². The number of carbonyl (C=O) groups is 1. The number of Topliss-reactive ketones (excluding diaryl/α,β-unsaturated/α-hetero) is 1. The maximum absolute atomic E-state index is 11.7. The molecular weight excluding hydrogens is 224 g/mol. The van der Waals surface area contributed by atoms with E-state index in [-0.39, 0.29) is 16.9 Å². The Morgan fingerprint density at radius 1 is 1.38 bits per heavy atom. The maximum atomic E-state index is 11.7. The number of aryl methyl sites for hydroxylation is 1. The summed E-state index contributed by atoms with van der Waals surface area (Å²) in [5, 5.41) is 9.59. The lowest BCUT2D eigenvalue weighted by Gasteiger charge is -2.16. The molecule has 0 aliphatic heterocycles. The second-order valence-corrected chi connectivity index (χ2v) is 5.37. The van der Waals surface area contributed by atoms with Crippen molar-refractivity contribution in [3.8, 4) is 5.75 Å². The minimum atomic E-state index is -0.291. The van der Waals surface area contributed by atoms with Gasteiger partial charge in [-0.25, -0.2) is 0 Å². The molecule has 16 heavy (non-hydrogen) atoms. The van der Waals surface area contributed by atoms with Gasteiger partial charge in [0.05, 0.1) is 5.02 Å². The van der Waals surface area contributed by atoms with E-state index in [1.807, 2.05) is 20.8 Å². The first-order valence-corrected chi connectivity index (χ1v) is 5.69. The normalized spacial score (nSPS) is 11.5. The Labute approximate surface area is 101 Å². The molecule has 0 atom stereocenters. The number of phenolic OH excluding ortho intramolecular Hbond substituents is 1. The summed E-state index contributed by atoms with van der Waals surface area (Å²) in [5.41, 5.74) is 0.682. The van der Waals surface area contributed by atoms with Gasteiger partial charge in [0.15, 0.2) is 0 Å². The van der Waals surface area contributed by atoms with Crippen molar-refractivity contribution in [2.45, 2.75) is 33.6 Å². The van der Waals surface area contributed by atoms with Crippen LogP contribution in [0.15, 0.2) is 18.2 Å². The Hall–Kier alpha value is -1.02. The second-order valence-electron chi connectivity index (χ2n) is 4.96. The van der Waals surface area contributed by atoms with Crippen molar-refractivity contribution in [3.05, 3.63) is 28.8 Å². The molecule has 1 aromatic carbocycles. The van der Waals surface area contributed by atoms with Crippen LogP contribution in [0.3, 0.4) is 0 Å². The van der Waals surface area contributed by atoms with E-state index in [2.05, 4.69) is 0 Å². The largest absolute Gasteiger partial charge is 0.506 e. The molecule has 0 aliphatic carbocycles. The molecule has 0 amide bonds. The monoisotopic (exact) mass is 240 g/mol. The number of phenols is 1. The molecule has 0 saturated heterocycles. The van der Waals surface area contributed by atoms with Crippen LogP contribution >= 0.6 is 11.6 Å². The fraction of sp³-hybridized carbons (Fsp3) is 0.462. The van der Waals surface area contributed by atoms with Gasteiger partial charge in [-0.2, -0.15) is 0 Å². The van der Waals surface area contributed by atoms with E-state index in [1.165, 1.54) is 0 Å². The number of halogens is 1. The summed E-state index contributed by atoms with van der Waals surface area (Å²) in [6.07, 6.45) is 1.17. The van der Waals surface area contributed by atoms with Crippen molar-refractivity contribution in [1.82, 2.24) is 0 Å². The van der Waals surface area contributed by atoms with Crippen LogP contribution in [-0.4, -0.2) is 10.9 Å².